The standard InChI is InChI=1S/C24H18N4O2/c1-15-7-5-9-17(13-15)23-25-21(27-29-23)19-11-3-4-12-20(19)22-26-24(30-28-22)18-10-6-8-16(2)14-18/h3-14H,1-2H3. The molecule has 0 unspecified atom stereocenters. The van der Waals surface area contributed by atoms with Gasteiger partial charge in [-0.3, -0.25) is 0 Å². The molecule has 2 heterocycles. The van der Waals surface area contributed by atoms with Crippen LogP contribution in [0.1, 0.15) is 11.1 Å². The minimum atomic E-state index is 0.470. The van der Waals surface area contributed by atoms with Gasteiger partial charge in [-0.25, -0.2) is 0 Å². The molecule has 6 nitrogen and oxygen atoms in total. The zero-order chi connectivity index (χ0) is 20.5. The molecule has 2 aromatic heterocycles. The predicted molar refractivity (Wildman–Crippen MR) is 113 cm³/mol. The summed E-state index contributed by atoms with van der Waals surface area (Å²) in [6.45, 7) is 4.05. The fourth-order valence-electron chi connectivity index (χ4n) is 3.33. The molecule has 0 aliphatic rings. The summed E-state index contributed by atoms with van der Waals surface area (Å²) in [5.41, 5.74) is 5.57. The first kappa shape index (κ1) is 18.0. The zero-order valence-electron chi connectivity index (χ0n) is 16.5. The molecule has 5 rings (SSSR count). The van der Waals surface area contributed by atoms with Crippen molar-refractivity contribution >= 4 is 0 Å². The molecular formula is C24H18N4O2. The van der Waals surface area contributed by atoms with Crippen LogP contribution >= 0.6 is 0 Å². The molecule has 6 heteroatoms. The van der Waals surface area contributed by atoms with Crippen molar-refractivity contribution < 1.29 is 9.05 Å². The van der Waals surface area contributed by atoms with Crippen LogP contribution in [-0.2, 0) is 0 Å². The zero-order valence-corrected chi connectivity index (χ0v) is 16.5. The number of aryl methyl sites for hydroxylation is 2. The molecule has 0 N–H and O–H groups in total. The van der Waals surface area contributed by atoms with Crippen LogP contribution in [0.5, 0.6) is 0 Å². The van der Waals surface area contributed by atoms with Crippen molar-refractivity contribution in [1.29, 1.82) is 0 Å². The van der Waals surface area contributed by atoms with Gasteiger partial charge in [-0.1, -0.05) is 70.0 Å². The summed E-state index contributed by atoms with van der Waals surface area (Å²) in [5.74, 6) is 1.89. The third kappa shape index (κ3) is 3.39. The Hall–Kier alpha value is -4.06. The van der Waals surface area contributed by atoms with Crippen molar-refractivity contribution in [1.82, 2.24) is 20.3 Å². The van der Waals surface area contributed by atoms with Gasteiger partial charge in [0.1, 0.15) is 0 Å². The molecule has 0 fully saturated rings. The molecule has 0 saturated heterocycles. The van der Waals surface area contributed by atoms with Gasteiger partial charge in [0.05, 0.1) is 0 Å². The fraction of sp³-hybridized carbons (Fsp3) is 0.0833. The predicted octanol–water partition coefficient (Wildman–Crippen LogP) is 5.74. The van der Waals surface area contributed by atoms with Gasteiger partial charge in [0, 0.05) is 22.3 Å². The number of nitrogens with zero attached hydrogens (tertiary/aromatic N) is 4. The van der Waals surface area contributed by atoms with E-state index in [1.807, 2.05) is 86.6 Å². The van der Waals surface area contributed by atoms with E-state index in [0.29, 0.717) is 23.4 Å². The van der Waals surface area contributed by atoms with Crippen molar-refractivity contribution in [3.8, 4) is 45.7 Å². The first-order chi connectivity index (χ1) is 14.7. The molecule has 5 aromatic rings. The Morgan fingerprint density at radius 1 is 0.567 bits per heavy atom. The van der Waals surface area contributed by atoms with Gasteiger partial charge in [-0.2, -0.15) is 9.97 Å². The normalized spacial score (nSPS) is 11.0. The van der Waals surface area contributed by atoms with E-state index < -0.39 is 0 Å². The molecule has 0 spiro atoms. The summed E-state index contributed by atoms with van der Waals surface area (Å²) in [4.78, 5) is 9.18. The molecule has 146 valence electrons. The maximum atomic E-state index is 5.51. The smallest absolute Gasteiger partial charge is 0.258 e. The number of aromatic nitrogens is 4. The average molecular weight is 394 g/mol. The highest BCUT2D eigenvalue weighted by Gasteiger charge is 2.18. The number of hydrogen-bond acceptors (Lipinski definition) is 6. The van der Waals surface area contributed by atoms with Crippen LogP contribution in [0, 0.1) is 13.8 Å². The second-order valence-corrected chi connectivity index (χ2v) is 7.13. The van der Waals surface area contributed by atoms with Crippen LogP contribution in [0.3, 0.4) is 0 Å². The molecular weight excluding hydrogens is 376 g/mol. The number of hydrogen-bond donors (Lipinski definition) is 0. The Morgan fingerprint density at radius 3 is 1.47 bits per heavy atom. The van der Waals surface area contributed by atoms with Gasteiger partial charge in [-0.15, -0.1) is 0 Å². The van der Waals surface area contributed by atoms with E-state index in [1.165, 1.54) is 0 Å². The van der Waals surface area contributed by atoms with E-state index in [4.69, 9.17) is 9.05 Å². The highest BCUT2D eigenvalue weighted by molar-refractivity contribution is 5.77. The third-order valence-corrected chi connectivity index (χ3v) is 4.79. The number of benzene rings is 3. The van der Waals surface area contributed by atoms with Gasteiger partial charge >= 0.3 is 0 Å². The highest BCUT2D eigenvalue weighted by atomic mass is 16.5. The van der Waals surface area contributed by atoms with E-state index in [-0.39, 0.29) is 0 Å². The van der Waals surface area contributed by atoms with Crippen LogP contribution < -0.4 is 0 Å². The Bertz CT molecular complexity index is 1230. The maximum absolute atomic E-state index is 5.51. The Balaban J connectivity index is 1.53. The van der Waals surface area contributed by atoms with Gasteiger partial charge < -0.3 is 9.05 Å². The van der Waals surface area contributed by atoms with Crippen molar-refractivity contribution in [2.75, 3.05) is 0 Å². The first-order valence-corrected chi connectivity index (χ1v) is 9.59. The molecule has 0 amide bonds. The quantitative estimate of drug-likeness (QED) is 0.387. The van der Waals surface area contributed by atoms with Gasteiger partial charge in [0.15, 0.2) is 0 Å². The SMILES string of the molecule is Cc1cccc(-c2nc(-c3ccccc3-c3noc(-c4cccc(C)c4)n3)no2)c1. The number of rotatable bonds is 4. The monoisotopic (exact) mass is 394 g/mol. The molecule has 0 atom stereocenters. The van der Waals surface area contributed by atoms with Crippen molar-refractivity contribution in [3.63, 3.8) is 0 Å². The summed E-state index contributed by atoms with van der Waals surface area (Å²) in [6.07, 6.45) is 0. The summed E-state index contributed by atoms with van der Waals surface area (Å²) >= 11 is 0. The van der Waals surface area contributed by atoms with Crippen LogP contribution in [0.25, 0.3) is 45.7 Å². The average Bonchev–Trinajstić information content (AvgIpc) is 3.44. The topological polar surface area (TPSA) is 77.8 Å². The molecule has 30 heavy (non-hydrogen) atoms. The minimum absolute atomic E-state index is 0.470. The maximum Gasteiger partial charge on any atom is 0.258 e. The van der Waals surface area contributed by atoms with Crippen LogP contribution in [0.2, 0.25) is 0 Å². The molecule has 0 saturated carbocycles. The fourth-order valence-corrected chi connectivity index (χ4v) is 3.33. The van der Waals surface area contributed by atoms with E-state index in [2.05, 4.69) is 20.3 Å². The lowest BCUT2D eigenvalue weighted by atomic mass is 10.1. The van der Waals surface area contributed by atoms with Gasteiger partial charge in [0.2, 0.25) is 11.6 Å². The van der Waals surface area contributed by atoms with E-state index in [9.17, 15) is 0 Å². The van der Waals surface area contributed by atoms with E-state index in [1.54, 1.807) is 0 Å². The van der Waals surface area contributed by atoms with Crippen LogP contribution in [0.4, 0.5) is 0 Å². The summed E-state index contributed by atoms with van der Waals surface area (Å²) in [7, 11) is 0. The van der Waals surface area contributed by atoms with Gasteiger partial charge in [0.25, 0.3) is 11.8 Å². The summed E-state index contributed by atoms with van der Waals surface area (Å²) in [5, 5.41) is 8.37. The Morgan fingerprint density at radius 2 is 1.03 bits per heavy atom. The lowest BCUT2D eigenvalue weighted by Crippen LogP contribution is -1.89. The lowest BCUT2D eigenvalue weighted by Gasteiger charge is -2.01. The lowest BCUT2D eigenvalue weighted by molar-refractivity contribution is 0.431. The minimum Gasteiger partial charge on any atom is -0.334 e. The Kier molecular flexibility index (Phi) is 4.44. The third-order valence-electron chi connectivity index (χ3n) is 4.79. The van der Waals surface area contributed by atoms with Gasteiger partial charge in [-0.05, 0) is 38.1 Å². The molecule has 0 radical (unpaired) electrons. The second-order valence-electron chi connectivity index (χ2n) is 7.13. The first-order valence-electron chi connectivity index (χ1n) is 9.59. The molecule has 0 aliphatic heterocycles. The molecule has 3 aromatic carbocycles. The largest absolute Gasteiger partial charge is 0.334 e. The Labute approximate surface area is 173 Å². The van der Waals surface area contributed by atoms with Crippen molar-refractivity contribution in [2.45, 2.75) is 13.8 Å². The van der Waals surface area contributed by atoms with E-state index in [0.717, 1.165) is 33.4 Å². The second kappa shape index (κ2) is 7.40. The molecule has 0 aliphatic carbocycles. The summed E-state index contributed by atoms with van der Waals surface area (Å²) < 4.78 is 11.0. The van der Waals surface area contributed by atoms with Crippen molar-refractivity contribution in [2.24, 2.45) is 0 Å². The van der Waals surface area contributed by atoms with Crippen molar-refractivity contribution in [3.05, 3.63) is 83.9 Å². The van der Waals surface area contributed by atoms with Crippen LogP contribution in [-0.4, -0.2) is 20.3 Å². The van der Waals surface area contributed by atoms with E-state index >= 15 is 0 Å². The molecule has 0 bridgehead atoms. The highest BCUT2D eigenvalue weighted by Crippen LogP contribution is 2.31. The van der Waals surface area contributed by atoms with Crippen LogP contribution in [0.15, 0.2) is 81.8 Å². The summed E-state index contributed by atoms with van der Waals surface area (Å²) in [6, 6.07) is 23.6.